The van der Waals surface area contributed by atoms with Crippen molar-refractivity contribution in [1.29, 1.82) is 0 Å². The molecule has 9 nitrogen and oxygen atoms in total. The first-order valence-electron chi connectivity index (χ1n) is 11.3. The number of furan rings is 1. The molecule has 1 saturated heterocycles. The smallest absolute Gasteiger partial charge is 0.407 e. The van der Waals surface area contributed by atoms with Gasteiger partial charge in [0, 0.05) is 12.5 Å². The van der Waals surface area contributed by atoms with Crippen molar-refractivity contribution >= 4 is 18.0 Å². The van der Waals surface area contributed by atoms with Crippen molar-refractivity contribution in [3.05, 3.63) is 83.3 Å². The topological polar surface area (TPSA) is 127 Å². The van der Waals surface area contributed by atoms with Crippen molar-refractivity contribution in [3.8, 4) is 11.1 Å². The van der Waals surface area contributed by atoms with E-state index in [9.17, 15) is 14.4 Å². The molecule has 2 amide bonds. The molecular weight excluding hydrogens is 452 g/mol. The Morgan fingerprint density at radius 2 is 1.66 bits per heavy atom. The zero-order valence-electron chi connectivity index (χ0n) is 18.7. The summed E-state index contributed by atoms with van der Waals surface area (Å²) in [7, 11) is 0. The molecule has 1 fully saturated rings. The van der Waals surface area contributed by atoms with Crippen LogP contribution in [0.5, 0.6) is 0 Å². The summed E-state index contributed by atoms with van der Waals surface area (Å²) in [6.45, 7) is 0.490. The SMILES string of the molecule is O=C(NCc1ccc(C(=O)N[C@@H]2CCO[C@@H]2C(=O)O)o1)OCC1c2ccccc2-c2ccccc21. The fourth-order valence-electron chi connectivity index (χ4n) is 4.62. The third-order valence-electron chi connectivity index (χ3n) is 6.29. The van der Waals surface area contributed by atoms with Gasteiger partial charge in [0.25, 0.3) is 5.91 Å². The van der Waals surface area contributed by atoms with Crippen LogP contribution in [0.4, 0.5) is 4.79 Å². The quantitative estimate of drug-likeness (QED) is 0.478. The molecule has 5 rings (SSSR count). The lowest BCUT2D eigenvalue weighted by Gasteiger charge is -2.15. The number of carboxylic acids is 1. The highest BCUT2D eigenvalue weighted by atomic mass is 16.5. The van der Waals surface area contributed by atoms with Crippen LogP contribution in [-0.2, 0) is 20.8 Å². The molecule has 9 heteroatoms. The number of hydrogen-bond donors (Lipinski definition) is 3. The standard InChI is InChI=1S/C26H24N2O7/c29-24(28-21-11-12-33-23(21)25(30)31)22-10-9-15(35-22)13-27-26(32)34-14-20-18-7-3-1-5-16(18)17-6-2-4-8-19(17)20/h1-10,20-21,23H,11-14H2,(H,27,32)(H,28,29)(H,30,31)/t21-,23+/m1/s1. The van der Waals surface area contributed by atoms with E-state index in [1.807, 2.05) is 36.4 Å². The molecule has 2 atom stereocenters. The molecule has 0 radical (unpaired) electrons. The number of benzene rings is 2. The van der Waals surface area contributed by atoms with E-state index in [0.29, 0.717) is 12.2 Å². The van der Waals surface area contributed by atoms with Crippen molar-refractivity contribution in [2.24, 2.45) is 0 Å². The molecule has 3 aromatic rings. The maximum atomic E-state index is 12.4. The van der Waals surface area contributed by atoms with Crippen LogP contribution in [0.25, 0.3) is 11.1 Å². The number of carbonyl (C=O) groups is 3. The van der Waals surface area contributed by atoms with Crippen molar-refractivity contribution in [2.75, 3.05) is 13.2 Å². The van der Waals surface area contributed by atoms with Gasteiger partial charge >= 0.3 is 12.1 Å². The van der Waals surface area contributed by atoms with Gasteiger partial charge in [0.1, 0.15) is 12.4 Å². The Balaban J connectivity index is 1.14. The summed E-state index contributed by atoms with van der Waals surface area (Å²) in [4.78, 5) is 35.9. The lowest BCUT2D eigenvalue weighted by Crippen LogP contribution is -2.43. The van der Waals surface area contributed by atoms with Gasteiger partial charge in [0.05, 0.1) is 12.6 Å². The minimum Gasteiger partial charge on any atom is -0.479 e. The van der Waals surface area contributed by atoms with Gasteiger partial charge in [0.15, 0.2) is 11.9 Å². The van der Waals surface area contributed by atoms with Crippen LogP contribution in [0, 0.1) is 0 Å². The van der Waals surface area contributed by atoms with E-state index < -0.39 is 30.1 Å². The van der Waals surface area contributed by atoms with E-state index in [1.54, 1.807) is 6.07 Å². The van der Waals surface area contributed by atoms with Crippen LogP contribution in [0.3, 0.4) is 0 Å². The monoisotopic (exact) mass is 476 g/mol. The molecule has 180 valence electrons. The molecule has 2 aliphatic rings. The fraction of sp³-hybridized carbons (Fsp3) is 0.269. The second-order valence-corrected chi connectivity index (χ2v) is 8.44. The number of rotatable bonds is 7. The van der Waals surface area contributed by atoms with Crippen molar-refractivity contribution in [2.45, 2.75) is 31.0 Å². The summed E-state index contributed by atoms with van der Waals surface area (Å²) in [6, 6.07) is 18.6. The largest absolute Gasteiger partial charge is 0.479 e. The number of fused-ring (bicyclic) bond motifs is 3. The van der Waals surface area contributed by atoms with Gasteiger partial charge in [-0.15, -0.1) is 0 Å². The lowest BCUT2D eigenvalue weighted by atomic mass is 9.98. The number of carboxylic acid groups (broad SMARTS) is 1. The van der Waals surface area contributed by atoms with Gasteiger partial charge in [-0.2, -0.15) is 0 Å². The summed E-state index contributed by atoms with van der Waals surface area (Å²) in [6.07, 6.45) is -1.27. The van der Waals surface area contributed by atoms with E-state index >= 15 is 0 Å². The van der Waals surface area contributed by atoms with E-state index in [1.165, 1.54) is 6.07 Å². The normalized spacial score (nSPS) is 18.5. The average Bonchev–Trinajstić information content (AvgIpc) is 3.59. The molecule has 0 spiro atoms. The highest BCUT2D eigenvalue weighted by Gasteiger charge is 2.35. The number of aliphatic carboxylic acids is 1. The third kappa shape index (κ3) is 4.63. The summed E-state index contributed by atoms with van der Waals surface area (Å²) in [5, 5.41) is 14.4. The first-order chi connectivity index (χ1) is 17.0. The van der Waals surface area contributed by atoms with Gasteiger partial charge in [-0.3, -0.25) is 4.79 Å². The molecule has 2 aromatic carbocycles. The van der Waals surface area contributed by atoms with Crippen LogP contribution in [0.15, 0.2) is 65.1 Å². The minimum atomic E-state index is -1.12. The van der Waals surface area contributed by atoms with E-state index in [-0.39, 0.29) is 31.4 Å². The molecule has 3 N–H and O–H groups in total. The zero-order chi connectivity index (χ0) is 24.4. The summed E-state index contributed by atoms with van der Waals surface area (Å²) in [5.41, 5.74) is 4.55. The summed E-state index contributed by atoms with van der Waals surface area (Å²) < 4.78 is 16.1. The van der Waals surface area contributed by atoms with Crippen molar-refractivity contribution < 1.29 is 33.4 Å². The van der Waals surface area contributed by atoms with Gasteiger partial charge in [0.2, 0.25) is 0 Å². The fourth-order valence-corrected chi connectivity index (χ4v) is 4.62. The van der Waals surface area contributed by atoms with Gasteiger partial charge in [-0.05, 0) is 40.8 Å². The van der Waals surface area contributed by atoms with Crippen LogP contribution in [-0.4, -0.2) is 48.4 Å². The molecule has 0 saturated carbocycles. The van der Waals surface area contributed by atoms with Crippen molar-refractivity contribution in [3.63, 3.8) is 0 Å². The number of nitrogens with one attached hydrogen (secondary N) is 2. The summed E-state index contributed by atoms with van der Waals surface area (Å²) >= 11 is 0. The number of hydrogen-bond acceptors (Lipinski definition) is 6. The molecule has 0 unspecified atom stereocenters. The molecule has 2 heterocycles. The Hall–Kier alpha value is -4.11. The first-order valence-corrected chi connectivity index (χ1v) is 11.3. The van der Waals surface area contributed by atoms with Crippen molar-refractivity contribution in [1.82, 2.24) is 10.6 Å². The molecular formula is C26H24N2O7. The predicted octanol–water partition coefficient (Wildman–Crippen LogP) is 3.29. The summed E-state index contributed by atoms with van der Waals surface area (Å²) in [5.74, 6) is -1.33. The minimum absolute atomic E-state index is 0.0189. The van der Waals surface area contributed by atoms with Gasteiger partial charge < -0.3 is 29.6 Å². The van der Waals surface area contributed by atoms with Crippen LogP contribution >= 0.6 is 0 Å². The highest BCUT2D eigenvalue weighted by Crippen LogP contribution is 2.44. The van der Waals surface area contributed by atoms with E-state index in [2.05, 4.69) is 22.8 Å². The zero-order valence-corrected chi connectivity index (χ0v) is 18.7. The molecule has 0 bridgehead atoms. The number of carbonyl (C=O) groups excluding carboxylic acids is 2. The second-order valence-electron chi connectivity index (χ2n) is 8.44. The third-order valence-corrected chi connectivity index (χ3v) is 6.29. The Kier molecular flexibility index (Phi) is 6.24. The molecule has 1 aliphatic heterocycles. The maximum Gasteiger partial charge on any atom is 0.407 e. The number of alkyl carbamates (subject to hydrolysis) is 1. The Bertz CT molecular complexity index is 1220. The van der Waals surface area contributed by atoms with E-state index in [0.717, 1.165) is 22.3 Å². The van der Waals surface area contributed by atoms with Gasteiger partial charge in [-0.1, -0.05) is 48.5 Å². The molecule has 35 heavy (non-hydrogen) atoms. The van der Waals surface area contributed by atoms with Crippen LogP contribution in [0.2, 0.25) is 0 Å². The Morgan fingerprint density at radius 3 is 2.34 bits per heavy atom. The second kappa shape index (κ2) is 9.63. The first kappa shape index (κ1) is 22.7. The lowest BCUT2D eigenvalue weighted by molar-refractivity contribution is -0.148. The number of amides is 2. The Labute approximate surface area is 201 Å². The molecule has 1 aliphatic carbocycles. The maximum absolute atomic E-state index is 12.4. The average molecular weight is 476 g/mol. The van der Waals surface area contributed by atoms with Crippen LogP contribution in [0.1, 0.15) is 39.8 Å². The molecule has 1 aromatic heterocycles. The van der Waals surface area contributed by atoms with Gasteiger partial charge in [-0.25, -0.2) is 9.59 Å². The highest BCUT2D eigenvalue weighted by molar-refractivity contribution is 5.92. The van der Waals surface area contributed by atoms with E-state index in [4.69, 9.17) is 19.0 Å². The predicted molar refractivity (Wildman–Crippen MR) is 124 cm³/mol. The Morgan fingerprint density at radius 1 is 0.971 bits per heavy atom. The van der Waals surface area contributed by atoms with Crippen LogP contribution < -0.4 is 10.6 Å². The number of ether oxygens (including phenoxy) is 2.